The lowest BCUT2D eigenvalue weighted by Gasteiger charge is -2.22. The van der Waals surface area contributed by atoms with E-state index in [0.717, 1.165) is 18.5 Å². The number of aryl methyl sites for hydroxylation is 1. The summed E-state index contributed by atoms with van der Waals surface area (Å²) in [5.41, 5.74) is 6.84. The van der Waals surface area contributed by atoms with Gasteiger partial charge in [-0.2, -0.15) is 0 Å². The van der Waals surface area contributed by atoms with Crippen molar-refractivity contribution in [2.24, 2.45) is 5.73 Å². The Morgan fingerprint density at radius 2 is 2.14 bits per heavy atom. The van der Waals surface area contributed by atoms with Crippen molar-refractivity contribution in [1.82, 2.24) is 9.88 Å². The molecule has 22 heavy (non-hydrogen) atoms. The molecule has 2 N–H and O–H groups in total. The van der Waals surface area contributed by atoms with Crippen LogP contribution in [0.25, 0.3) is 0 Å². The van der Waals surface area contributed by atoms with E-state index in [1.807, 2.05) is 6.92 Å². The number of nitrogens with zero attached hydrogens (tertiary/aromatic N) is 2. The summed E-state index contributed by atoms with van der Waals surface area (Å²) < 4.78 is 5.45. The van der Waals surface area contributed by atoms with Gasteiger partial charge >= 0.3 is 0 Å². The van der Waals surface area contributed by atoms with Crippen LogP contribution in [-0.4, -0.2) is 28.2 Å². The maximum atomic E-state index is 12.7. The van der Waals surface area contributed by atoms with E-state index in [1.54, 1.807) is 29.4 Å². The molecule has 1 aromatic heterocycles. The molecule has 2 heterocycles. The Hall–Kier alpha value is -2.63. The van der Waals surface area contributed by atoms with Crippen LogP contribution in [0.15, 0.2) is 34.9 Å². The maximum absolute atomic E-state index is 12.7. The van der Waals surface area contributed by atoms with Crippen molar-refractivity contribution in [3.63, 3.8) is 0 Å². The van der Waals surface area contributed by atoms with Crippen LogP contribution in [0.2, 0.25) is 0 Å². The fourth-order valence-electron chi connectivity index (χ4n) is 2.76. The summed E-state index contributed by atoms with van der Waals surface area (Å²) in [4.78, 5) is 30.0. The summed E-state index contributed by atoms with van der Waals surface area (Å²) >= 11 is 0. The first kappa shape index (κ1) is 14.3. The van der Waals surface area contributed by atoms with Crippen LogP contribution in [0.5, 0.6) is 0 Å². The van der Waals surface area contributed by atoms with Gasteiger partial charge in [-0.1, -0.05) is 6.07 Å². The van der Waals surface area contributed by atoms with Crippen LogP contribution >= 0.6 is 0 Å². The third-order valence-electron chi connectivity index (χ3n) is 3.83. The van der Waals surface area contributed by atoms with Gasteiger partial charge in [0.1, 0.15) is 12.3 Å². The molecule has 1 aromatic carbocycles. The number of carbonyl (C=O) groups is 2. The first-order chi connectivity index (χ1) is 10.6. The molecular weight excluding hydrogens is 282 g/mol. The Balaban J connectivity index is 1.87. The Labute approximate surface area is 127 Å². The topological polar surface area (TPSA) is 89.4 Å². The molecule has 6 nitrogen and oxygen atoms in total. The van der Waals surface area contributed by atoms with Crippen molar-refractivity contribution in [1.29, 1.82) is 0 Å². The molecule has 3 rings (SSSR count). The molecular formula is C16H17N3O3. The number of oxazole rings is 1. The summed E-state index contributed by atoms with van der Waals surface area (Å²) in [5, 5.41) is 0. The molecule has 1 saturated heterocycles. The number of benzene rings is 1. The van der Waals surface area contributed by atoms with E-state index in [0.29, 0.717) is 23.6 Å². The third kappa shape index (κ3) is 2.59. The SMILES string of the molecule is Cc1coc(C2CCCN2C(=O)c2cccc(C(N)=O)c2)n1. The van der Waals surface area contributed by atoms with Crippen LogP contribution in [-0.2, 0) is 0 Å². The van der Waals surface area contributed by atoms with Crippen LogP contribution in [0.1, 0.15) is 51.2 Å². The Kier molecular flexibility index (Phi) is 3.66. The lowest BCUT2D eigenvalue weighted by Crippen LogP contribution is -2.31. The smallest absolute Gasteiger partial charge is 0.254 e. The van der Waals surface area contributed by atoms with E-state index in [-0.39, 0.29) is 11.9 Å². The van der Waals surface area contributed by atoms with Gasteiger partial charge in [-0.3, -0.25) is 9.59 Å². The highest BCUT2D eigenvalue weighted by Crippen LogP contribution is 2.32. The van der Waals surface area contributed by atoms with E-state index in [2.05, 4.69) is 4.98 Å². The van der Waals surface area contributed by atoms with Gasteiger partial charge in [0, 0.05) is 17.7 Å². The van der Waals surface area contributed by atoms with Crippen LogP contribution in [0.4, 0.5) is 0 Å². The molecule has 1 aliphatic heterocycles. The number of rotatable bonds is 3. The lowest BCUT2D eigenvalue weighted by molar-refractivity contribution is 0.0715. The standard InChI is InChI=1S/C16H17N3O3/c1-10-9-22-15(18-10)13-6-3-7-19(13)16(21)12-5-2-4-11(8-12)14(17)20/h2,4-5,8-9,13H,3,6-7H2,1H3,(H2,17,20). The first-order valence-electron chi connectivity index (χ1n) is 7.19. The molecule has 6 heteroatoms. The minimum Gasteiger partial charge on any atom is -0.446 e. The molecule has 0 bridgehead atoms. The number of nitrogens with two attached hydrogens (primary N) is 1. The molecule has 0 spiro atoms. The molecule has 0 aliphatic carbocycles. The quantitative estimate of drug-likeness (QED) is 0.939. The summed E-state index contributed by atoms with van der Waals surface area (Å²) in [5.74, 6) is -0.119. The molecule has 1 aliphatic rings. The molecule has 114 valence electrons. The number of hydrogen-bond donors (Lipinski definition) is 1. The predicted molar refractivity (Wildman–Crippen MR) is 79.2 cm³/mol. The lowest BCUT2D eigenvalue weighted by atomic mass is 10.1. The minimum absolute atomic E-state index is 0.138. The Morgan fingerprint density at radius 1 is 1.36 bits per heavy atom. The van der Waals surface area contributed by atoms with Gasteiger partial charge in [0.25, 0.3) is 5.91 Å². The summed E-state index contributed by atoms with van der Waals surface area (Å²) in [7, 11) is 0. The van der Waals surface area contributed by atoms with Gasteiger partial charge < -0.3 is 15.1 Å². The third-order valence-corrected chi connectivity index (χ3v) is 3.83. The van der Waals surface area contributed by atoms with Gasteiger partial charge in [0.15, 0.2) is 0 Å². The van der Waals surface area contributed by atoms with Crippen molar-refractivity contribution in [3.8, 4) is 0 Å². The van der Waals surface area contributed by atoms with E-state index >= 15 is 0 Å². The minimum atomic E-state index is -0.545. The van der Waals surface area contributed by atoms with Crippen molar-refractivity contribution in [2.45, 2.75) is 25.8 Å². The van der Waals surface area contributed by atoms with Crippen molar-refractivity contribution >= 4 is 11.8 Å². The van der Waals surface area contributed by atoms with E-state index in [9.17, 15) is 9.59 Å². The number of carbonyl (C=O) groups excluding carboxylic acids is 2. The van der Waals surface area contributed by atoms with Crippen molar-refractivity contribution in [3.05, 3.63) is 53.2 Å². The van der Waals surface area contributed by atoms with Crippen LogP contribution in [0.3, 0.4) is 0 Å². The average molecular weight is 299 g/mol. The zero-order valence-electron chi connectivity index (χ0n) is 12.3. The van der Waals surface area contributed by atoms with E-state index in [4.69, 9.17) is 10.2 Å². The second-order valence-corrected chi connectivity index (χ2v) is 5.43. The second-order valence-electron chi connectivity index (χ2n) is 5.43. The zero-order chi connectivity index (χ0) is 15.7. The highest BCUT2D eigenvalue weighted by Gasteiger charge is 2.33. The maximum Gasteiger partial charge on any atom is 0.254 e. The zero-order valence-corrected chi connectivity index (χ0v) is 12.3. The molecule has 2 amide bonds. The molecule has 0 radical (unpaired) electrons. The van der Waals surface area contributed by atoms with E-state index in [1.165, 1.54) is 6.07 Å². The number of hydrogen-bond acceptors (Lipinski definition) is 4. The molecule has 0 saturated carbocycles. The van der Waals surface area contributed by atoms with Crippen LogP contribution in [0, 0.1) is 6.92 Å². The molecule has 1 fully saturated rings. The van der Waals surface area contributed by atoms with Gasteiger partial charge in [-0.25, -0.2) is 4.98 Å². The number of likely N-dealkylation sites (tertiary alicyclic amines) is 1. The van der Waals surface area contributed by atoms with Crippen molar-refractivity contribution < 1.29 is 14.0 Å². The molecule has 2 aromatic rings. The fraction of sp³-hybridized carbons (Fsp3) is 0.312. The summed E-state index contributed by atoms with van der Waals surface area (Å²) in [6.07, 6.45) is 3.30. The normalized spacial score (nSPS) is 17.7. The summed E-state index contributed by atoms with van der Waals surface area (Å²) in [6, 6.07) is 6.32. The molecule has 1 atom stereocenters. The van der Waals surface area contributed by atoms with Gasteiger partial charge in [-0.15, -0.1) is 0 Å². The van der Waals surface area contributed by atoms with Crippen LogP contribution < -0.4 is 5.73 Å². The number of aromatic nitrogens is 1. The predicted octanol–water partition coefficient (Wildman–Crippen LogP) is 2.06. The monoisotopic (exact) mass is 299 g/mol. The van der Waals surface area contributed by atoms with Gasteiger partial charge in [-0.05, 0) is 38.0 Å². The summed E-state index contributed by atoms with van der Waals surface area (Å²) in [6.45, 7) is 2.50. The Bertz CT molecular complexity index is 723. The highest BCUT2D eigenvalue weighted by atomic mass is 16.3. The van der Waals surface area contributed by atoms with Gasteiger partial charge in [0.05, 0.1) is 5.69 Å². The number of amides is 2. The second kappa shape index (κ2) is 5.63. The fourth-order valence-corrected chi connectivity index (χ4v) is 2.76. The Morgan fingerprint density at radius 3 is 2.82 bits per heavy atom. The largest absolute Gasteiger partial charge is 0.446 e. The van der Waals surface area contributed by atoms with Crippen molar-refractivity contribution in [2.75, 3.05) is 6.54 Å². The van der Waals surface area contributed by atoms with Gasteiger partial charge in [0.2, 0.25) is 11.8 Å². The average Bonchev–Trinajstić information content (AvgIpc) is 3.15. The first-order valence-corrected chi connectivity index (χ1v) is 7.19. The molecule has 1 unspecified atom stereocenters. The van der Waals surface area contributed by atoms with E-state index < -0.39 is 5.91 Å². The number of primary amides is 1. The highest BCUT2D eigenvalue weighted by molar-refractivity contribution is 5.99.